The van der Waals surface area contributed by atoms with Gasteiger partial charge in [-0.2, -0.15) is 0 Å². The van der Waals surface area contributed by atoms with Gasteiger partial charge in [0.05, 0.1) is 17.9 Å². The lowest BCUT2D eigenvalue weighted by molar-refractivity contribution is -0.385. The molecule has 0 fully saturated rings. The highest BCUT2D eigenvalue weighted by Crippen LogP contribution is 2.19. The number of aryl methyl sites for hydroxylation is 2. The number of carbonyl (C=O) groups excluding carboxylic acids is 1. The Morgan fingerprint density at radius 3 is 2.71 bits per heavy atom. The molecule has 0 heterocycles. The van der Waals surface area contributed by atoms with Gasteiger partial charge in [0.15, 0.2) is 0 Å². The minimum absolute atomic E-state index is 0.0272. The lowest BCUT2D eigenvalue weighted by Crippen LogP contribution is -2.29. The summed E-state index contributed by atoms with van der Waals surface area (Å²) in [6, 6.07) is 12.2. The maximum Gasteiger partial charge on any atom is 0.273 e. The van der Waals surface area contributed by atoms with Crippen molar-refractivity contribution in [2.24, 2.45) is 0 Å². The van der Waals surface area contributed by atoms with Crippen LogP contribution in [-0.2, 0) is 11.2 Å². The average molecular weight is 328 g/mol. The Labute approximate surface area is 140 Å². The molecule has 1 N–H and O–H groups in total. The fraction of sp³-hybridized carbons (Fsp3) is 0.278. The molecule has 6 nitrogen and oxygen atoms in total. The van der Waals surface area contributed by atoms with Crippen LogP contribution in [0.1, 0.15) is 16.7 Å². The quantitative estimate of drug-likeness (QED) is 0.481. The molecule has 0 aromatic heterocycles. The summed E-state index contributed by atoms with van der Waals surface area (Å²) in [5, 5.41) is 13.6. The van der Waals surface area contributed by atoms with Gasteiger partial charge in [-0.25, -0.2) is 0 Å². The molecule has 1 amide bonds. The maximum absolute atomic E-state index is 11.9. The van der Waals surface area contributed by atoms with Gasteiger partial charge in [0.1, 0.15) is 12.4 Å². The highest BCUT2D eigenvalue weighted by atomic mass is 16.6. The smallest absolute Gasteiger partial charge is 0.273 e. The molecule has 2 rings (SSSR count). The van der Waals surface area contributed by atoms with Gasteiger partial charge in [0.25, 0.3) is 5.69 Å². The Balaban J connectivity index is 1.82. The SMILES string of the molecule is Cc1ccc(C)c(OCCNC(=O)Cc2ccccc2[N+](=O)[O-])c1. The second kappa shape index (κ2) is 8.10. The van der Waals surface area contributed by atoms with E-state index in [4.69, 9.17) is 4.74 Å². The van der Waals surface area contributed by atoms with E-state index in [0.717, 1.165) is 16.9 Å². The fourth-order valence-corrected chi connectivity index (χ4v) is 2.29. The first-order valence-electron chi connectivity index (χ1n) is 7.66. The first-order valence-corrected chi connectivity index (χ1v) is 7.66. The Hall–Kier alpha value is -2.89. The van der Waals surface area contributed by atoms with E-state index in [1.54, 1.807) is 18.2 Å². The van der Waals surface area contributed by atoms with Crippen molar-refractivity contribution in [2.75, 3.05) is 13.2 Å². The molecule has 0 saturated carbocycles. The number of nitrogens with one attached hydrogen (secondary N) is 1. The number of nitro groups is 1. The molecule has 0 atom stereocenters. The van der Waals surface area contributed by atoms with Crippen molar-refractivity contribution < 1.29 is 14.5 Å². The predicted octanol–water partition coefficient (Wildman–Crippen LogP) is 2.95. The van der Waals surface area contributed by atoms with E-state index in [2.05, 4.69) is 5.32 Å². The third-order valence-corrected chi connectivity index (χ3v) is 3.56. The molecule has 0 unspecified atom stereocenters. The second-order valence-corrected chi connectivity index (χ2v) is 5.53. The van der Waals surface area contributed by atoms with Crippen molar-refractivity contribution in [1.82, 2.24) is 5.32 Å². The Bertz CT molecular complexity index is 744. The molecular formula is C18H20N2O4. The van der Waals surface area contributed by atoms with Gasteiger partial charge in [0, 0.05) is 11.6 Å². The summed E-state index contributed by atoms with van der Waals surface area (Å²) in [4.78, 5) is 22.4. The molecule has 0 aliphatic heterocycles. The molecule has 0 radical (unpaired) electrons. The monoisotopic (exact) mass is 328 g/mol. The van der Waals surface area contributed by atoms with Crippen LogP contribution in [0.15, 0.2) is 42.5 Å². The topological polar surface area (TPSA) is 81.5 Å². The molecule has 126 valence electrons. The number of amides is 1. The van der Waals surface area contributed by atoms with Crippen LogP contribution in [0.25, 0.3) is 0 Å². The normalized spacial score (nSPS) is 10.2. The zero-order valence-corrected chi connectivity index (χ0v) is 13.7. The Morgan fingerprint density at radius 2 is 1.96 bits per heavy atom. The maximum atomic E-state index is 11.9. The number of nitrogens with zero attached hydrogens (tertiary/aromatic N) is 1. The van der Waals surface area contributed by atoms with Crippen molar-refractivity contribution >= 4 is 11.6 Å². The number of hydrogen-bond acceptors (Lipinski definition) is 4. The Kier molecular flexibility index (Phi) is 5.89. The van der Waals surface area contributed by atoms with Gasteiger partial charge < -0.3 is 10.1 Å². The van der Waals surface area contributed by atoms with Gasteiger partial charge >= 0.3 is 0 Å². The van der Waals surface area contributed by atoms with Gasteiger partial charge in [-0.3, -0.25) is 14.9 Å². The van der Waals surface area contributed by atoms with E-state index < -0.39 is 4.92 Å². The van der Waals surface area contributed by atoms with Gasteiger partial charge in [-0.05, 0) is 31.0 Å². The van der Waals surface area contributed by atoms with Crippen molar-refractivity contribution in [3.05, 3.63) is 69.3 Å². The third kappa shape index (κ3) is 4.81. The van der Waals surface area contributed by atoms with E-state index in [1.165, 1.54) is 6.07 Å². The van der Waals surface area contributed by atoms with Crippen LogP contribution < -0.4 is 10.1 Å². The average Bonchev–Trinajstić information content (AvgIpc) is 2.55. The molecule has 2 aromatic carbocycles. The number of carbonyl (C=O) groups is 1. The van der Waals surface area contributed by atoms with Crippen LogP contribution in [0, 0.1) is 24.0 Å². The van der Waals surface area contributed by atoms with Crippen molar-refractivity contribution in [3.63, 3.8) is 0 Å². The molecule has 0 bridgehead atoms. The molecular weight excluding hydrogens is 308 g/mol. The molecule has 24 heavy (non-hydrogen) atoms. The molecule has 6 heteroatoms. The van der Waals surface area contributed by atoms with E-state index >= 15 is 0 Å². The molecule has 0 aliphatic carbocycles. The summed E-state index contributed by atoms with van der Waals surface area (Å²) in [6.07, 6.45) is -0.0272. The molecule has 2 aromatic rings. The number of hydrogen-bond donors (Lipinski definition) is 1. The van der Waals surface area contributed by atoms with Crippen LogP contribution in [0.5, 0.6) is 5.75 Å². The minimum Gasteiger partial charge on any atom is -0.491 e. The number of nitro benzene ring substituents is 1. The summed E-state index contributed by atoms with van der Waals surface area (Å²) in [5.74, 6) is 0.525. The standard InChI is InChI=1S/C18H20N2O4/c1-13-7-8-14(2)17(11-13)24-10-9-19-18(21)12-15-5-3-4-6-16(15)20(22)23/h3-8,11H,9-10,12H2,1-2H3,(H,19,21). The summed E-state index contributed by atoms with van der Waals surface area (Å²) in [7, 11) is 0. The summed E-state index contributed by atoms with van der Waals surface area (Å²) in [6.45, 7) is 4.63. The number of ether oxygens (including phenoxy) is 1. The van der Waals surface area contributed by atoms with E-state index in [0.29, 0.717) is 18.7 Å². The van der Waals surface area contributed by atoms with Gasteiger partial charge in [-0.15, -0.1) is 0 Å². The van der Waals surface area contributed by atoms with Crippen molar-refractivity contribution in [3.8, 4) is 5.75 Å². The van der Waals surface area contributed by atoms with E-state index in [9.17, 15) is 14.9 Å². The van der Waals surface area contributed by atoms with Crippen LogP contribution in [0.2, 0.25) is 0 Å². The summed E-state index contributed by atoms with van der Waals surface area (Å²) < 4.78 is 5.66. The lowest BCUT2D eigenvalue weighted by Gasteiger charge is -2.11. The van der Waals surface area contributed by atoms with Gasteiger partial charge in [0.2, 0.25) is 5.91 Å². The van der Waals surface area contributed by atoms with Crippen LogP contribution in [-0.4, -0.2) is 24.0 Å². The highest BCUT2D eigenvalue weighted by molar-refractivity contribution is 5.79. The van der Waals surface area contributed by atoms with Crippen LogP contribution >= 0.6 is 0 Å². The highest BCUT2D eigenvalue weighted by Gasteiger charge is 2.15. The predicted molar refractivity (Wildman–Crippen MR) is 91.2 cm³/mol. The largest absolute Gasteiger partial charge is 0.491 e. The molecule has 0 aliphatic rings. The first-order chi connectivity index (χ1) is 11.5. The van der Waals surface area contributed by atoms with E-state index in [1.807, 2.05) is 32.0 Å². The van der Waals surface area contributed by atoms with Crippen LogP contribution in [0.3, 0.4) is 0 Å². The summed E-state index contributed by atoms with van der Waals surface area (Å²) in [5.41, 5.74) is 2.50. The fourth-order valence-electron chi connectivity index (χ4n) is 2.29. The van der Waals surface area contributed by atoms with E-state index in [-0.39, 0.29) is 18.0 Å². The molecule has 0 saturated heterocycles. The minimum atomic E-state index is -0.480. The lowest BCUT2D eigenvalue weighted by atomic mass is 10.1. The van der Waals surface area contributed by atoms with Crippen LogP contribution in [0.4, 0.5) is 5.69 Å². The summed E-state index contributed by atoms with van der Waals surface area (Å²) >= 11 is 0. The number of para-hydroxylation sites is 1. The zero-order valence-electron chi connectivity index (χ0n) is 13.7. The van der Waals surface area contributed by atoms with Gasteiger partial charge in [-0.1, -0.05) is 30.3 Å². The molecule has 0 spiro atoms. The van der Waals surface area contributed by atoms with Crippen molar-refractivity contribution in [2.45, 2.75) is 20.3 Å². The Morgan fingerprint density at radius 1 is 1.21 bits per heavy atom. The number of rotatable bonds is 7. The second-order valence-electron chi connectivity index (χ2n) is 5.53. The van der Waals surface area contributed by atoms with Crippen molar-refractivity contribution in [1.29, 1.82) is 0 Å². The third-order valence-electron chi connectivity index (χ3n) is 3.56. The first kappa shape index (κ1) is 17.5. The number of benzene rings is 2. The zero-order chi connectivity index (χ0) is 17.5.